The third-order valence-electron chi connectivity index (χ3n) is 4.42. The largest absolute Gasteiger partial charge is 0.383 e. The molecule has 0 fully saturated rings. The second-order valence-corrected chi connectivity index (χ2v) is 6.11. The van der Waals surface area contributed by atoms with Crippen LogP contribution in [0.15, 0.2) is 18.7 Å². The van der Waals surface area contributed by atoms with Crippen molar-refractivity contribution >= 4 is 17.5 Å². The van der Waals surface area contributed by atoms with E-state index in [9.17, 15) is 9.18 Å². The van der Waals surface area contributed by atoms with Gasteiger partial charge in [0.25, 0.3) is 0 Å². The predicted molar refractivity (Wildman–Crippen MR) is 98.1 cm³/mol. The molecule has 4 heterocycles. The maximum Gasteiger partial charge on any atom is 0.247 e. The van der Waals surface area contributed by atoms with Crippen LogP contribution in [0.1, 0.15) is 5.56 Å². The van der Waals surface area contributed by atoms with Crippen LogP contribution in [0, 0.1) is 12.7 Å². The Kier molecular flexibility index (Phi) is 4.65. The first-order chi connectivity index (χ1) is 13.6. The standard InChI is InChI=1S/C17H17FN8O2/c1-9-10(5-19-14(13(9)18)15-22-8-23-25-15)11-6-20-16-17(24-11)26(3-4-28-2)12(27)7-21-16/h5-6,8H,3-4,7H2,1-2H3,(H,20,21)(H,22,23,25). The number of fused-ring (bicyclic) bond motifs is 1. The molecule has 28 heavy (non-hydrogen) atoms. The summed E-state index contributed by atoms with van der Waals surface area (Å²) in [6, 6.07) is 0. The van der Waals surface area contributed by atoms with Crippen LogP contribution >= 0.6 is 0 Å². The Morgan fingerprint density at radius 2 is 2.14 bits per heavy atom. The second-order valence-electron chi connectivity index (χ2n) is 6.11. The molecule has 0 saturated heterocycles. The van der Waals surface area contributed by atoms with Gasteiger partial charge in [0.05, 0.1) is 31.6 Å². The van der Waals surface area contributed by atoms with Crippen molar-refractivity contribution in [2.45, 2.75) is 6.92 Å². The molecule has 0 aliphatic carbocycles. The Balaban J connectivity index is 1.76. The third kappa shape index (κ3) is 3.05. The molecule has 0 spiro atoms. The van der Waals surface area contributed by atoms with E-state index in [0.29, 0.717) is 41.6 Å². The van der Waals surface area contributed by atoms with Crippen LogP contribution in [0.25, 0.3) is 22.8 Å². The average molecular weight is 384 g/mol. The molecule has 2 N–H and O–H groups in total. The van der Waals surface area contributed by atoms with Crippen molar-refractivity contribution in [3.05, 3.63) is 30.1 Å². The van der Waals surface area contributed by atoms with Gasteiger partial charge >= 0.3 is 0 Å². The lowest BCUT2D eigenvalue weighted by molar-refractivity contribution is -0.117. The van der Waals surface area contributed by atoms with E-state index < -0.39 is 5.82 Å². The Hall–Kier alpha value is -3.47. The lowest BCUT2D eigenvalue weighted by atomic mass is 10.1. The van der Waals surface area contributed by atoms with Crippen molar-refractivity contribution in [2.24, 2.45) is 0 Å². The summed E-state index contributed by atoms with van der Waals surface area (Å²) in [4.78, 5) is 30.8. The maximum absolute atomic E-state index is 14.9. The number of anilines is 2. The molecule has 3 aromatic rings. The average Bonchev–Trinajstić information content (AvgIpc) is 3.23. The summed E-state index contributed by atoms with van der Waals surface area (Å²) in [5, 5.41) is 9.25. The summed E-state index contributed by atoms with van der Waals surface area (Å²) in [5.74, 6) is 0.440. The van der Waals surface area contributed by atoms with Gasteiger partial charge in [-0.3, -0.25) is 14.8 Å². The molecular formula is C17H17FN8O2. The number of rotatable bonds is 5. The summed E-state index contributed by atoms with van der Waals surface area (Å²) < 4.78 is 19.9. The van der Waals surface area contributed by atoms with Crippen molar-refractivity contribution in [3.63, 3.8) is 0 Å². The minimum atomic E-state index is -0.529. The van der Waals surface area contributed by atoms with E-state index in [1.807, 2.05) is 0 Å². The van der Waals surface area contributed by atoms with E-state index >= 15 is 0 Å². The number of aromatic nitrogens is 6. The summed E-state index contributed by atoms with van der Waals surface area (Å²) in [6.07, 6.45) is 4.31. The molecule has 11 heteroatoms. The number of H-pyrrole nitrogens is 1. The Labute approximate surface area is 159 Å². The van der Waals surface area contributed by atoms with Crippen molar-refractivity contribution in [2.75, 3.05) is 37.0 Å². The summed E-state index contributed by atoms with van der Waals surface area (Å²) >= 11 is 0. The maximum atomic E-state index is 14.9. The summed E-state index contributed by atoms with van der Waals surface area (Å²) in [7, 11) is 1.56. The first-order valence-electron chi connectivity index (χ1n) is 8.51. The van der Waals surface area contributed by atoms with Crippen LogP contribution < -0.4 is 10.2 Å². The van der Waals surface area contributed by atoms with Gasteiger partial charge in [0, 0.05) is 18.9 Å². The van der Waals surface area contributed by atoms with Gasteiger partial charge in [0.2, 0.25) is 5.91 Å². The first-order valence-corrected chi connectivity index (χ1v) is 8.51. The number of hydrogen-bond donors (Lipinski definition) is 2. The molecule has 0 aromatic carbocycles. The molecule has 4 rings (SSSR count). The van der Waals surface area contributed by atoms with Gasteiger partial charge in [0.15, 0.2) is 23.3 Å². The number of carbonyl (C=O) groups is 1. The summed E-state index contributed by atoms with van der Waals surface area (Å²) in [5.41, 5.74) is 1.30. The van der Waals surface area contributed by atoms with Gasteiger partial charge in [-0.15, -0.1) is 0 Å². The smallest absolute Gasteiger partial charge is 0.247 e. The normalized spacial score (nSPS) is 13.4. The minimum absolute atomic E-state index is 0.0724. The number of methoxy groups -OCH3 is 1. The van der Waals surface area contributed by atoms with Gasteiger partial charge in [-0.2, -0.15) is 5.10 Å². The fraction of sp³-hybridized carbons (Fsp3) is 0.294. The van der Waals surface area contributed by atoms with Gasteiger partial charge in [-0.25, -0.2) is 24.3 Å². The van der Waals surface area contributed by atoms with Crippen LogP contribution in [0.5, 0.6) is 0 Å². The molecule has 0 bridgehead atoms. The molecular weight excluding hydrogens is 367 g/mol. The van der Waals surface area contributed by atoms with Gasteiger partial charge in [-0.1, -0.05) is 0 Å². The molecule has 0 radical (unpaired) electrons. The van der Waals surface area contributed by atoms with Crippen molar-refractivity contribution in [1.82, 2.24) is 30.1 Å². The van der Waals surface area contributed by atoms with Gasteiger partial charge < -0.3 is 10.1 Å². The van der Waals surface area contributed by atoms with Crippen LogP contribution in [0.2, 0.25) is 0 Å². The number of aromatic amines is 1. The van der Waals surface area contributed by atoms with Crippen molar-refractivity contribution in [1.29, 1.82) is 0 Å². The molecule has 1 aliphatic rings. The van der Waals surface area contributed by atoms with Gasteiger partial charge in [0.1, 0.15) is 12.0 Å². The minimum Gasteiger partial charge on any atom is -0.383 e. The topological polar surface area (TPSA) is 122 Å². The quantitative estimate of drug-likeness (QED) is 0.672. The number of nitrogens with one attached hydrogen (secondary N) is 2. The number of pyridine rings is 1. The first kappa shape index (κ1) is 17.9. The second kappa shape index (κ2) is 7.27. The number of nitrogens with zero attached hydrogens (tertiary/aromatic N) is 6. The zero-order chi connectivity index (χ0) is 19.7. The molecule has 0 atom stereocenters. The summed E-state index contributed by atoms with van der Waals surface area (Å²) in [6.45, 7) is 2.46. The lowest BCUT2D eigenvalue weighted by Crippen LogP contribution is -2.42. The highest BCUT2D eigenvalue weighted by atomic mass is 19.1. The predicted octanol–water partition coefficient (Wildman–Crippen LogP) is 1.18. The Morgan fingerprint density at radius 1 is 1.29 bits per heavy atom. The number of ether oxygens (including phenoxy) is 1. The van der Waals surface area contributed by atoms with E-state index in [0.717, 1.165) is 0 Å². The molecule has 1 aliphatic heterocycles. The molecule has 3 aromatic heterocycles. The Bertz CT molecular complexity index is 1020. The van der Waals surface area contributed by atoms with Crippen LogP contribution in [-0.2, 0) is 9.53 Å². The Morgan fingerprint density at radius 3 is 2.89 bits per heavy atom. The molecule has 10 nitrogen and oxygen atoms in total. The van der Waals surface area contributed by atoms with E-state index in [1.54, 1.807) is 14.0 Å². The van der Waals surface area contributed by atoms with Crippen LogP contribution in [0.4, 0.5) is 16.0 Å². The SMILES string of the molecule is COCCN1C(=O)CNc2ncc(-c3cnc(-c4ncn[nH]4)c(F)c3C)nc21. The van der Waals surface area contributed by atoms with E-state index in [1.165, 1.54) is 23.6 Å². The monoisotopic (exact) mass is 384 g/mol. The number of halogens is 1. The highest BCUT2D eigenvalue weighted by molar-refractivity contribution is 6.00. The highest BCUT2D eigenvalue weighted by Gasteiger charge is 2.27. The van der Waals surface area contributed by atoms with E-state index in [2.05, 4.69) is 35.5 Å². The number of carbonyl (C=O) groups excluding carboxylic acids is 1. The highest BCUT2D eigenvalue weighted by Crippen LogP contribution is 2.31. The zero-order valence-corrected chi connectivity index (χ0v) is 15.2. The van der Waals surface area contributed by atoms with Crippen LogP contribution in [-0.4, -0.2) is 62.8 Å². The fourth-order valence-electron chi connectivity index (χ4n) is 2.93. The molecule has 144 valence electrons. The third-order valence-corrected chi connectivity index (χ3v) is 4.42. The zero-order valence-electron chi connectivity index (χ0n) is 15.2. The van der Waals surface area contributed by atoms with Gasteiger partial charge in [-0.05, 0) is 12.5 Å². The molecule has 0 saturated carbocycles. The van der Waals surface area contributed by atoms with Crippen molar-refractivity contribution in [3.8, 4) is 22.8 Å². The molecule has 0 unspecified atom stereocenters. The molecule has 1 amide bonds. The van der Waals surface area contributed by atoms with E-state index in [4.69, 9.17) is 4.74 Å². The lowest BCUT2D eigenvalue weighted by Gasteiger charge is -2.28. The van der Waals surface area contributed by atoms with Crippen molar-refractivity contribution < 1.29 is 13.9 Å². The number of hydrogen-bond acceptors (Lipinski definition) is 8. The number of amides is 1. The van der Waals surface area contributed by atoms with E-state index in [-0.39, 0.29) is 24.0 Å². The fourth-order valence-corrected chi connectivity index (χ4v) is 2.93. The van der Waals surface area contributed by atoms with Crippen LogP contribution in [0.3, 0.4) is 0 Å².